The number of carbonyl (C=O) groups is 2. The van der Waals surface area contributed by atoms with Gasteiger partial charge in [0, 0.05) is 18.8 Å². The number of fused-ring (bicyclic) bond motifs is 1. The molecular weight excluding hydrogens is 298 g/mol. The molecule has 7 heteroatoms. The lowest BCUT2D eigenvalue weighted by atomic mass is 10.0. The maximum atomic E-state index is 12.9. The normalized spacial score (nSPS) is 17.1. The number of para-hydroxylation sites is 1. The van der Waals surface area contributed by atoms with Gasteiger partial charge in [-0.3, -0.25) is 9.48 Å². The summed E-state index contributed by atoms with van der Waals surface area (Å²) in [5.41, 5.74) is 1.45. The number of nitrogens with zero attached hydrogens (tertiary/aromatic N) is 3. The first-order valence-corrected chi connectivity index (χ1v) is 7.25. The third-order valence-electron chi connectivity index (χ3n) is 3.85. The van der Waals surface area contributed by atoms with Crippen LogP contribution in [0.5, 0.6) is 5.75 Å². The number of rotatable bonds is 2. The molecule has 0 radical (unpaired) electrons. The highest BCUT2D eigenvalue weighted by molar-refractivity contribution is 5.97. The van der Waals surface area contributed by atoms with Gasteiger partial charge in [0.25, 0.3) is 5.91 Å². The van der Waals surface area contributed by atoms with E-state index in [2.05, 4.69) is 5.10 Å². The molecule has 1 aliphatic heterocycles. The van der Waals surface area contributed by atoms with Crippen molar-refractivity contribution < 1.29 is 19.4 Å². The van der Waals surface area contributed by atoms with Crippen LogP contribution in [0.1, 0.15) is 27.7 Å². The summed E-state index contributed by atoms with van der Waals surface area (Å²) in [7, 11) is 1.72. The van der Waals surface area contributed by atoms with Crippen molar-refractivity contribution in [2.24, 2.45) is 7.05 Å². The summed E-state index contributed by atoms with van der Waals surface area (Å²) < 4.78 is 7.14. The van der Waals surface area contributed by atoms with E-state index < -0.39 is 12.0 Å². The molecule has 0 bridgehead atoms. The lowest BCUT2D eigenvalue weighted by Gasteiger charge is -2.26. The van der Waals surface area contributed by atoms with Gasteiger partial charge in [0.15, 0.2) is 6.04 Å². The molecule has 1 amide bonds. The molecule has 0 saturated heterocycles. The number of hydrogen-bond acceptors (Lipinski definition) is 4. The van der Waals surface area contributed by atoms with E-state index in [1.165, 1.54) is 4.90 Å². The van der Waals surface area contributed by atoms with E-state index in [0.717, 1.165) is 0 Å². The number of carboxylic acids is 1. The SMILES string of the molecule is Cc1nn(C)cc1C(=O)N1CCOc2ccccc2C1C(=O)O. The fraction of sp³-hybridized carbons (Fsp3) is 0.312. The van der Waals surface area contributed by atoms with E-state index in [4.69, 9.17) is 4.74 Å². The number of hydrogen-bond donors (Lipinski definition) is 1. The zero-order valence-electron chi connectivity index (χ0n) is 12.9. The van der Waals surface area contributed by atoms with Crippen LogP contribution in [0.2, 0.25) is 0 Å². The minimum atomic E-state index is -1.09. The molecule has 0 fully saturated rings. The van der Waals surface area contributed by atoms with Crippen LogP contribution in [0, 0.1) is 6.92 Å². The molecule has 3 rings (SSSR count). The number of benzene rings is 1. The second kappa shape index (κ2) is 5.75. The van der Waals surface area contributed by atoms with E-state index >= 15 is 0 Å². The third-order valence-corrected chi connectivity index (χ3v) is 3.85. The fourth-order valence-electron chi connectivity index (χ4n) is 2.84. The Kier molecular flexibility index (Phi) is 3.77. The molecule has 1 N–H and O–H groups in total. The van der Waals surface area contributed by atoms with E-state index in [1.807, 2.05) is 0 Å². The van der Waals surface area contributed by atoms with Crippen molar-refractivity contribution in [3.8, 4) is 5.75 Å². The molecule has 0 saturated carbocycles. The van der Waals surface area contributed by atoms with Crippen molar-refractivity contribution in [1.29, 1.82) is 0 Å². The molecule has 0 spiro atoms. The van der Waals surface area contributed by atoms with Crippen molar-refractivity contribution in [2.75, 3.05) is 13.2 Å². The maximum Gasteiger partial charge on any atom is 0.331 e. The van der Waals surface area contributed by atoms with Gasteiger partial charge in [-0.2, -0.15) is 5.10 Å². The number of amides is 1. The quantitative estimate of drug-likeness (QED) is 0.905. The Morgan fingerprint density at radius 3 is 2.74 bits per heavy atom. The summed E-state index contributed by atoms with van der Waals surface area (Å²) in [5, 5.41) is 13.8. The number of aryl methyl sites for hydroxylation is 2. The van der Waals surface area contributed by atoms with Gasteiger partial charge in [0.2, 0.25) is 0 Å². The lowest BCUT2D eigenvalue weighted by Crippen LogP contribution is -2.40. The summed E-state index contributed by atoms with van der Waals surface area (Å²) >= 11 is 0. The summed E-state index contributed by atoms with van der Waals surface area (Å²) in [6.07, 6.45) is 1.61. The predicted molar refractivity (Wildman–Crippen MR) is 81.3 cm³/mol. The fourth-order valence-corrected chi connectivity index (χ4v) is 2.84. The minimum Gasteiger partial charge on any atom is -0.491 e. The van der Waals surface area contributed by atoms with Gasteiger partial charge in [0.05, 0.1) is 17.8 Å². The lowest BCUT2D eigenvalue weighted by molar-refractivity contribution is -0.142. The topological polar surface area (TPSA) is 84.7 Å². The number of ether oxygens (including phenoxy) is 1. The minimum absolute atomic E-state index is 0.193. The highest BCUT2D eigenvalue weighted by Gasteiger charge is 2.36. The molecule has 2 heterocycles. The zero-order valence-corrected chi connectivity index (χ0v) is 12.9. The highest BCUT2D eigenvalue weighted by Crippen LogP contribution is 2.33. The monoisotopic (exact) mass is 315 g/mol. The summed E-state index contributed by atoms with van der Waals surface area (Å²) in [6, 6.07) is 5.83. The van der Waals surface area contributed by atoms with Crippen molar-refractivity contribution in [3.63, 3.8) is 0 Å². The first-order valence-electron chi connectivity index (χ1n) is 7.25. The number of aliphatic carboxylic acids is 1. The largest absolute Gasteiger partial charge is 0.491 e. The average molecular weight is 315 g/mol. The van der Waals surface area contributed by atoms with Gasteiger partial charge in [0.1, 0.15) is 12.4 Å². The Labute approximate surface area is 133 Å². The first-order chi connectivity index (χ1) is 11.0. The second-order valence-electron chi connectivity index (χ2n) is 5.43. The van der Waals surface area contributed by atoms with Crippen LogP contribution < -0.4 is 4.74 Å². The van der Waals surface area contributed by atoms with Crippen LogP contribution in [0.15, 0.2) is 30.5 Å². The van der Waals surface area contributed by atoms with Crippen LogP contribution in [0.25, 0.3) is 0 Å². The van der Waals surface area contributed by atoms with Gasteiger partial charge >= 0.3 is 5.97 Å². The first kappa shape index (κ1) is 15.1. The van der Waals surface area contributed by atoms with Crippen molar-refractivity contribution in [3.05, 3.63) is 47.3 Å². The van der Waals surface area contributed by atoms with Crippen LogP contribution >= 0.6 is 0 Å². The molecule has 7 nitrogen and oxygen atoms in total. The van der Waals surface area contributed by atoms with E-state index in [1.54, 1.807) is 49.1 Å². The molecule has 23 heavy (non-hydrogen) atoms. The van der Waals surface area contributed by atoms with Gasteiger partial charge in [-0.25, -0.2) is 4.79 Å². The second-order valence-corrected chi connectivity index (χ2v) is 5.43. The van der Waals surface area contributed by atoms with Crippen LogP contribution in [0.3, 0.4) is 0 Å². The molecule has 1 aromatic carbocycles. The summed E-state index contributed by atoms with van der Waals surface area (Å²) in [6.45, 7) is 2.16. The number of aromatic nitrogens is 2. The third kappa shape index (κ3) is 2.65. The van der Waals surface area contributed by atoms with Gasteiger partial charge in [-0.1, -0.05) is 18.2 Å². The Hall–Kier alpha value is -2.83. The summed E-state index contributed by atoms with van der Waals surface area (Å²) in [4.78, 5) is 26.0. The molecule has 2 aromatic rings. The zero-order chi connectivity index (χ0) is 16.6. The highest BCUT2D eigenvalue weighted by atomic mass is 16.5. The molecular formula is C16H17N3O4. The number of carbonyl (C=O) groups excluding carboxylic acids is 1. The molecule has 0 aliphatic carbocycles. The molecule has 1 atom stereocenters. The standard InChI is InChI=1S/C16H17N3O4/c1-10-12(9-18(2)17-10)15(20)19-7-8-23-13-6-4-3-5-11(13)14(19)16(21)22/h3-6,9,14H,7-8H2,1-2H3,(H,21,22). The van der Waals surface area contributed by atoms with Gasteiger partial charge < -0.3 is 14.7 Å². The summed E-state index contributed by atoms with van der Waals surface area (Å²) in [5.74, 6) is -0.945. The van der Waals surface area contributed by atoms with Crippen LogP contribution in [-0.4, -0.2) is 44.8 Å². The Balaban J connectivity index is 2.05. The Morgan fingerprint density at radius 2 is 2.09 bits per heavy atom. The molecule has 1 aliphatic rings. The van der Waals surface area contributed by atoms with Gasteiger partial charge in [-0.15, -0.1) is 0 Å². The Morgan fingerprint density at radius 1 is 1.35 bits per heavy atom. The van der Waals surface area contributed by atoms with Crippen molar-refractivity contribution in [2.45, 2.75) is 13.0 Å². The van der Waals surface area contributed by atoms with E-state index in [-0.39, 0.29) is 19.1 Å². The van der Waals surface area contributed by atoms with Crippen LogP contribution in [0.4, 0.5) is 0 Å². The Bertz CT molecular complexity index is 768. The smallest absolute Gasteiger partial charge is 0.331 e. The van der Waals surface area contributed by atoms with Crippen LogP contribution in [-0.2, 0) is 11.8 Å². The average Bonchev–Trinajstić information content (AvgIpc) is 2.74. The molecule has 1 unspecified atom stereocenters. The van der Waals surface area contributed by atoms with E-state index in [0.29, 0.717) is 22.6 Å². The van der Waals surface area contributed by atoms with Crippen molar-refractivity contribution in [1.82, 2.24) is 14.7 Å². The number of carboxylic acid groups (broad SMARTS) is 1. The molecule has 120 valence electrons. The van der Waals surface area contributed by atoms with E-state index in [9.17, 15) is 14.7 Å². The molecule has 1 aromatic heterocycles. The predicted octanol–water partition coefficient (Wildman–Crippen LogP) is 1.39. The van der Waals surface area contributed by atoms with Gasteiger partial charge in [-0.05, 0) is 13.0 Å². The van der Waals surface area contributed by atoms with Crippen molar-refractivity contribution >= 4 is 11.9 Å². The maximum absolute atomic E-state index is 12.9.